The molecule has 5 aromatic carbocycles. The maximum absolute atomic E-state index is 6.12. The Morgan fingerprint density at radius 2 is 1.00 bits per heavy atom. The van der Waals surface area contributed by atoms with Gasteiger partial charge in [-0.3, -0.25) is 0 Å². The Kier molecular flexibility index (Phi) is 8.82. The molecule has 0 bridgehead atoms. The van der Waals surface area contributed by atoms with Gasteiger partial charge in [0, 0.05) is 21.1 Å². The van der Waals surface area contributed by atoms with Gasteiger partial charge in [0.2, 0.25) is 0 Å². The molecule has 0 aliphatic heterocycles. The normalized spacial score (nSPS) is 11.3. The molecule has 0 aliphatic rings. The molecule has 0 radical (unpaired) electrons. The van der Waals surface area contributed by atoms with Crippen LogP contribution in [0.2, 0.25) is 0 Å². The first-order chi connectivity index (χ1) is 21.3. The molecule has 0 amide bonds. The van der Waals surface area contributed by atoms with Gasteiger partial charge in [-0.1, -0.05) is 161 Å². The molecule has 0 N–H and O–H groups in total. The van der Waals surface area contributed by atoms with Gasteiger partial charge < -0.3 is 9.68 Å². The number of hydrogen-bond donors (Lipinski definition) is 0. The standard InChI is InChI=1S/C35H31N5O2P/c1-6-16-30(17-7-1)28-41-39-26-27-40(42-29-31-18-8-2-9-19-31)35(39)36-37-38-43(32-20-10-3-11-21-32,33-22-12-4-13-23-33)34-24-14-5-15-25-34/h1-27H,28-29H2/q+1. The van der Waals surface area contributed by atoms with Crippen LogP contribution in [0.15, 0.2) is 179 Å². The van der Waals surface area contributed by atoms with Crippen LogP contribution >= 0.6 is 7.05 Å². The lowest BCUT2D eigenvalue weighted by molar-refractivity contribution is -0.885. The van der Waals surface area contributed by atoms with Crippen LogP contribution in [0.1, 0.15) is 11.1 Å². The molecule has 0 atom stereocenters. The first-order valence-corrected chi connectivity index (χ1v) is 15.7. The summed E-state index contributed by atoms with van der Waals surface area (Å²) in [6.45, 7) is 0.700. The Labute approximate surface area is 251 Å². The molecule has 0 saturated carbocycles. The highest BCUT2D eigenvalue weighted by atomic mass is 31.2. The highest BCUT2D eigenvalue weighted by molar-refractivity contribution is 7.87. The van der Waals surface area contributed by atoms with E-state index in [9.17, 15) is 0 Å². The van der Waals surface area contributed by atoms with E-state index in [1.165, 1.54) is 0 Å². The van der Waals surface area contributed by atoms with Crippen molar-refractivity contribution in [2.45, 2.75) is 13.2 Å². The predicted molar refractivity (Wildman–Crippen MR) is 170 cm³/mol. The van der Waals surface area contributed by atoms with Crippen molar-refractivity contribution in [1.82, 2.24) is 4.73 Å². The van der Waals surface area contributed by atoms with Crippen LogP contribution in [0.3, 0.4) is 0 Å². The zero-order chi connectivity index (χ0) is 29.2. The van der Waals surface area contributed by atoms with Gasteiger partial charge in [0.25, 0.3) is 0 Å². The van der Waals surface area contributed by atoms with Gasteiger partial charge in [0.05, 0.1) is 12.2 Å². The maximum Gasteiger partial charge on any atom is 0.496 e. The van der Waals surface area contributed by atoms with E-state index in [4.69, 9.17) is 14.5 Å². The molecule has 7 nitrogen and oxygen atoms in total. The Balaban J connectivity index is 1.44. The highest BCUT2D eigenvalue weighted by Crippen LogP contribution is 2.46. The number of hydrogen-bond acceptors (Lipinski definition) is 3. The van der Waals surface area contributed by atoms with Crippen LogP contribution in [0.4, 0.5) is 5.95 Å². The minimum atomic E-state index is -2.56. The predicted octanol–water partition coefficient (Wildman–Crippen LogP) is 6.21. The fourth-order valence-electron chi connectivity index (χ4n) is 4.73. The van der Waals surface area contributed by atoms with Gasteiger partial charge in [0.15, 0.2) is 13.2 Å². The van der Waals surface area contributed by atoms with Gasteiger partial charge in [-0.2, -0.15) is 0 Å². The fraction of sp³-hybridized carbons (Fsp3) is 0.0571. The first kappa shape index (κ1) is 27.9. The number of rotatable bonds is 11. The van der Waals surface area contributed by atoms with E-state index in [1.54, 1.807) is 21.9 Å². The Hall–Kier alpha value is -5.26. The van der Waals surface area contributed by atoms with Crippen LogP contribution in [0.25, 0.3) is 0 Å². The van der Waals surface area contributed by atoms with Crippen molar-refractivity contribution in [3.63, 3.8) is 0 Å². The van der Waals surface area contributed by atoms with Crippen LogP contribution in [0.5, 0.6) is 0 Å². The average molecular weight is 585 g/mol. The Bertz CT molecular complexity index is 1650. The molecule has 43 heavy (non-hydrogen) atoms. The van der Waals surface area contributed by atoms with Crippen LogP contribution in [-0.2, 0) is 13.2 Å². The minimum Gasteiger partial charge on any atom is -0.352 e. The monoisotopic (exact) mass is 584 g/mol. The molecule has 0 spiro atoms. The molecule has 212 valence electrons. The van der Waals surface area contributed by atoms with E-state index in [2.05, 4.69) is 46.7 Å². The number of imidazole rings is 1. The van der Waals surface area contributed by atoms with Crippen molar-refractivity contribution in [3.05, 3.63) is 175 Å². The number of nitrogens with zero attached hydrogens (tertiary/aromatic N) is 5. The smallest absolute Gasteiger partial charge is 0.352 e. The van der Waals surface area contributed by atoms with E-state index in [0.717, 1.165) is 27.0 Å². The zero-order valence-electron chi connectivity index (χ0n) is 23.5. The summed E-state index contributed by atoms with van der Waals surface area (Å²) in [6.07, 6.45) is 3.52. The third-order valence-corrected chi connectivity index (χ3v) is 10.3. The van der Waals surface area contributed by atoms with Gasteiger partial charge in [0.1, 0.15) is 12.4 Å². The van der Waals surface area contributed by atoms with Gasteiger partial charge in [-0.25, -0.2) is 0 Å². The fourth-order valence-corrected chi connectivity index (χ4v) is 7.91. The second kappa shape index (κ2) is 13.6. The largest absolute Gasteiger partial charge is 0.496 e. The van der Waals surface area contributed by atoms with Crippen LogP contribution in [-0.4, -0.2) is 4.73 Å². The van der Waals surface area contributed by atoms with E-state index in [-0.39, 0.29) is 0 Å². The molecule has 0 aliphatic carbocycles. The molecule has 0 saturated heterocycles. The van der Waals surface area contributed by atoms with Crippen molar-refractivity contribution in [2.24, 2.45) is 15.2 Å². The first-order valence-electron chi connectivity index (χ1n) is 14.0. The molecular formula is C35H31N5O2P+. The van der Waals surface area contributed by atoms with Gasteiger partial charge in [-0.15, -0.1) is 4.85 Å². The second-order valence-corrected chi connectivity index (χ2v) is 12.7. The lowest BCUT2D eigenvalue weighted by Gasteiger charge is -2.24. The average Bonchev–Trinajstić information content (AvgIpc) is 3.48. The molecule has 6 rings (SSSR count). The van der Waals surface area contributed by atoms with E-state index < -0.39 is 7.05 Å². The maximum atomic E-state index is 6.12. The van der Waals surface area contributed by atoms with Gasteiger partial charge in [-0.05, 0) is 11.1 Å². The third-order valence-electron chi connectivity index (χ3n) is 6.86. The summed E-state index contributed by atoms with van der Waals surface area (Å²) in [5.41, 5.74) is 2.06. The summed E-state index contributed by atoms with van der Waals surface area (Å²) in [4.78, 5) is 17.3. The van der Waals surface area contributed by atoms with Gasteiger partial charge >= 0.3 is 5.95 Å². The van der Waals surface area contributed by atoms with Crippen molar-refractivity contribution in [2.75, 3.05) is 0 Å². The topological polar surface area (TPSA) is 64.3 Å². The number of aromatic nitrogens is 2. The SMILES string of the molecule is c1ccc(COn2cc[n+](OCc3ccccc3)c2/N=N/N=P(c2ccccc2)(c2ccccc2)c2ccccc2)cc1. The summed E-state index contributed by atoms with van der Waals surface area (Å²) in [5.74, 6) is 0.350. The lowest BCUT2D eigenvalue weighted by atomic mass is 10.2. The van der Waals surface area contributed by atoms with Crippen molar-refractivity contribution < 1.29 is 14.4 Å². The molecule has 0 fully saturated rings. The zero-order valence-corrected chi connectivity index (χ0v) is 24.4. The molecule has 6 aromatic rings. The van der Waals surface area contributed by atoms with E-state index in [0.29, 0.717) is 19.2 Å². The van der Waals surface area contributed by atoms with Crippen molar-refractivity contribution in [3.8, 4) is 0 Å². The minimum absolute atomic E-state index is 0.350. The van der Waals surface area contributed by atoms with Crippen LogP contribution < -0.4 is 30.3 Å². The summed E-state index contributed by atoms with van der Waals surface area (Å²) >= 11 is 0. The van der Waals surface area contributed by atoms with E-state index in [1.807, 2.05) is 115 Å². The molecule has 1 aromatic heterocycles. The Morgan fingerprint density at radius 1 is 0.558 bits per heavy atom. The summed E-state index contributed by atoms with van der Waals surface area (Å²) in [5, 5.41) is 12.4. The second-order valence-electron chi connectivity index (χ2n) is 9.69. The van der Waals surface area contributed by atoms with Crippen LogP contribution in [0, 0.1) is 0 Å². The quantitative estimate of drug-likeness (QED) is 0.0787. The van der Waals surface area contributed by atoms with E-state index >= 15 is 0 Å². The highest BCUT2D eigenvalue weighted by Gasteiger charge is 2.28. The molecule has 8 heteroatoms. The lowest BCUT2D eigenvalue weighted by Crippen LogP contribution is -2.41. The van der Waals surface area contributed by atoms with Crippen molar-refractivity contribution >= 4 is 28.9 Å². The third kappa shape index (κ3) is 6.48. The summed E-state index contributed by atoms with van der Waals surface area (Å²) in [7, 11) is -2.56. The Morgan fingerprint density at radius 3 is 1.49 bits per heavy atom. The molecular weight excluding hydrogens is 553 g/mol. The number of benzene rings is 5. The summed E-state index contributed by atoms with van der Waals surface area (Å²) < 4.78 is 3.12. The summed E-state index contributed by atoms with van der Waals surface area (Å²) in [6, 6.07) is 50.9. The van der Waals surface area contributed by atoms with Crippen molar-refractivity contribution in [1.29, 1.82) is 0 Å². The molecule has 0 unspecified atom stereocenters. The molecule has 1 heterocycles.